The van der Waals surface area contributed by atoms with Gasteiger partial charge in [-0.15, -0.1) is 0 Å². The van der Waals surface area contributed by atoms with Crippen molar-refractivity contribution in [3.05, 3.63) is 106 Å². The predicted octanol–water partition coefficient (Wildman–Crippen LogP) is 6.37. The van der Waals surface area contributed by atoms with Gasteiger partial charge in [-0.25, -0.2) is 0 Å². The molecule has 4 aromatic rings. The zero-order valence-corrected chi connectivity index (χ0v) is 20.0. The van der Waals surface area contributed by atoms with Crippen molar-refractivity contribution in [3.8, 4) is 5.75 Å². The number of thiocarbonyl (C=S) groups is 1. The number of carbonyl (C=O) groups excluding carboxylic acids is 1. The molecule has 4 nitrogen and oxygen atoms in total. The Balaban J connectivity index is 1.39. The minimum absolute atomic E-state index is 0.128. The summed E-state index contributed by atoms with van der Waals surface area (Å²) in [6, 6.07) is 26.3. The normalized spacial score (nSPS) is 15.1. The molecule has 0 atom stereocenters. The van der Waals surface area contributed by atoms with Crippen LogP contribution in [0.3, 0.4) is 0 Å². The molecule has 0 unspecified atom stereocenters. The van der Waals surface area contributed by atoms with E-state index in [0.717, 1.165) is 28.3 Å². The molecule has 0 radical (unpaired) electrons. The number of nitrogens with zero attached hydrogens (tertiary/aromatic N) is 2. The molecule has 33 heavy (non-hydrogen) atoms. The molecular formula is C27H22N2O2S2. The van der Waals surface area contributed by atoms with Gasteiger partial charge in [-0.2, -0.15) is 5.01 Å². The molecule has 0 saturated carbocycles. The lowest BCUT2D eigenvalue weighted by atomic mass is 10.1. The van der Waals surface area contributed by atoms with Crippen molar-refractivity contribution in [1.29, 1.82) is 0 Å². The van der Waals surface area contributed by atoms with Crippen LogP contribution in [0.1, 0.15) is 22.5 Å². The standard InChI is InChI=1S/C27H22N2O2S2/c1-18-11-12-19(2)28(18)29-26(30)25(33-27(29)32)16-23-9-5-6-10-24(23)31-17-20-13-14-21-7-3-4-8-22(21)15-20/h3-16H,17H2,1-2H3/b25-16-. The fourth-order valence-electron chi connectivity index (χ4n) is 3.97. The van der Waals surface area contributed by atoms with Gasteiger partial charge < -0.3 is 4.74 Å². The summed E-state index contributed by atoms with van der Waals surface area (Å²) >= 11 is 6.85. The van der Waals surface area contributed by atoms with E-state index < -0.39 is 0 Å². The third kappa shape index (κ3) is 4.19. The average Bonchev–Trinajstić information content (AvgIpc) is 3.29. The van der Waals surface area contributed by atoms with Crippen LogP contribution < -0.4 is 9.75 Å². The highest BCUT2D eigenvalue weighted by Gasteiger charge is 2.34. The number of aromatic nitrogens is 1. The molecule has 1 amide bonds. The van der Waals surface area contributed by atoms with E-state index in [-0.39, 0.29) is 5.91 Å². The van der Waals surface area contributed by atoms with E-state index in [1.807, 2.05) is 73.1 Å². The number of thioether (sulfide) groups is 1. The Labute approximate surface area is 202 Å². The molecule has 6 heteroatoms. The molecule has 3 aromatic carbocycles. The highest BCUT2D eigenvalue weighted by molar-refractivity contribution is 8.27. The third-order valence-corrected chi connectivity index (χ3v) is 6.90. The number of carbonyl (C=O) groups is 1. The molecule has 2 heterocycles. The van der Waals surface area contributed by atoms with Gasteiger partial charge in [-0.05, 0) is 72.7 Å². The average molecular weight is 471 g/mol. The van der Waals surface area contributed by atoms with Crippen LogP contribution in [-0.4, -0.2) is 14.9 Å². The molecule has 0 bridgehead atoms. The van der Waals surface area contributed by atoms with Gasteiger partial charge in [0, 0.05) is 17.0 Å². The maximum absolute atomic E-state index is 13.2. The fraction of sp³-hybridized carbons (Fsp3) is 0.111. The molecular weight excluding hydrogens is 448 g/mol. The second kappa shape index (κ2) is 8.89. The van der Waals surface area contributed by atoms with E-state index in [4.69, 9.17) is 17.0 Å². The molecule has 0 spiro atoms. The fourth-order valence-corrected chi connectivity index (χ4v) is 5.20. The maximum atomic E-state index is 13.2. The summed E-state index contributed by atoms with van der Waals surface area (Å²) in [5, 5.41) is 3.96. The number of ether oxygens (including phenoxy) is 1. The lowest BCUT2D eigenvalue weighted by Gasteiger charge is -2.20. The predicted molar refractivity (Wildman–Crippen MR) is 140 cm³/mol. The number of rotatable bonds is 5. The van der Waals surface area contributed by atoms with E-state index in [9.17, 15) is 4.79 Å². The van der Waals surface area contributed by atoms with Gasteiger partial charge in [0.25, 0.3) is 5.91 Å². The Bertz CT molecular complexity index is 1400. The number of aryl methyl sites for hydroxylation is 2. The molecule has 5 rings (SSSR count). The summed E-state index contributed by atoms with van der Waals surface area (Å²) in [6.45, 7) is 4.37. The minimum Gasteiger partial charge on any atom is -0.488 e. The summed E-state index contributed by atoms with van der Waals surface area (Å²) in [7, 11) is 0. The first kappa shape index (κ1) is 21.5. The summed E-state index contributed by atoms with van der Waals surface area (Å²) in [6.07, 6.45) is 1.86. The summed E-state index contributed by atoms with van der Waals surface area (Å²) < 4.78 is 8.54. The molecule has 1 aliphatic heterocycles. The van der Waals surface area contributed by atoms with Crippen molar-refractivity contribution in [2.24, 2.45) is 0 Å². The van der Waals surface area contributed by atoms with E-state index in [2.05, 4.69) is 30.3 Å². The van der Waals surface area contributed by atoms with E-state index >= 15 is 0 Å². The van der Waals surface area contributed by atoms with Crippen LogP contribution in [0.25, 0.3) is 16.8 Å². The van der Waals surface area contributed by atoms with Gasteiger partial charge in [0.1, 0.15) is 12.4 Å². The molecule has 0 N–H and O–H groups in total. The van der Waals surface area contributed by atoms with Crippen molar-refractivity contribution in [1.82, 2.24) is 4.68 Å². The zero-order chi connectivity index (χ0) is 22.9. The van der Waals surface area contributed by atoms with Gasteiger partial charge in [-0.3, -0.25) is 9.47 Å². The molecule has 1 saturated heterocycles. The van der Waals surface area contributed by atoms with Crippen molar-refractivity contribution < 1.29 is 9.53 Å². The van der Waals surface area contributed by atoms with E-state index in [0.29, 0.717) is 15.8 Å². The largest absolute Gasteiger partial charge is 0.488 e. The van der Waals surface area contributed by atoms with E-state index in [1.54, 1.807) is 5.01 Å². The van der Waals surface area contributed by atoms with Crippen molar-refractivity contribution in [2.45, 2.75) is 20.5 Å². The quantitative estimate of drug-likeness (QED) is 0.251. The van der Waals surface area contributed by atoms with Gasteiger partial charge >= 0.3 is 0 Å². The number of amides is 1. The molecule has 164 valence electrons. The smallest absolute Gasteiger partial charge is 0.285 e. The minimum atomic E-state index is -0.128. The number of para-hydroxylation sites is 1. The third-order valence-electron chi connectivity index (χ3n) is 5.62. The van der Waals surface area contributed by atoms with Crippen LogP contribution in [0.2, 0.25) is 0 Å². The number of benzene rings is 3. The van der Waals surface area contributed by atoms with E-state index in [1.165, 1.54) is 22.5 Å². The van der Waals surface area contributed by atoms with Crippen LogP contribution in [0.15, 0.2) is 83.8 Å². The summed E-state index contributed by atoms with van der Waals surface area (Å²) in [4.78, 5) is 13.8. The van der Waals surface area contributed by atoms with Crippen LogP contribution in [0.4, 0.5) is 0 Å². The number of hydrogen-bond acceptors (Lipinski definition) is 4. The Morgan fingerprint density at radius 3 is 2.39 bits per heavy atom. The lowest BCUT2D eigenvalue weighted by molar-refractivity contribution is -0.114. The first-order chi connectivity index (χ1) is 16.0. The summed E-state index contributed by atoms with van der Waals surface area (Å²) in [5.74, 6) is 0.598. The SMILES string of the molecule is Cc1ccc(C)n1N1C(=O)/C(=C/c2ccccc2OCc2ccc3ccccc3c2)SC1=S. The first-order valence-corrected chi connectivity index (χ1v) is 11.9. The van der Waals surface area contributed by atoms with Gasteiger partial charge in [-0.1, -0.05) is 66.4 Å². The monoisotopic (exact) mass is 470 g/mol. The Morgan fingerprint density at radius 1 is 0.909 bits per heavy atom. The highest BCUT2D eigenvalue weighted by Crippen LogP contribution is 2.34. The molecule has 0 aliphatic carbocycles. The Hall–Kier alpha value is -3.35. The van der Waals surface area contributed by atoms with Crippen molar-refractivity contribution >= 4 is 51.1 Å². The van der Waals surface area contributed by atoms with Crippen LogP contribution in [-0.2, 0) is 11.4 Å². The highest BCUT2D eigenvalue weighted by atomic mass is 32.2. The van der Waals surface area contributed by atoms with Crippen LogP contribution in [0, 0.1) is 13.8 Å². The second-order valence-electron chi connectivity index (χ2n) is 7.93. The van der Waals surface area contributed by atoms with Gasteiger partial charge in [0.05, 0.1) is 4.91 Å². The number of hydrogen-bond donors (Lipinski definition) is 0. The van der Waals surface area contributed by atoms with Crippen LogP contribution >= 0.6 is 24.0 Å². The topological polar surface area (TPSA) is 34.5 Å². The van der Waals surface area contributed by atoms with Crippen molar-refractivity contribution in [3.63, 3.8) is 0 Å². The zero-order valence-electron chi connectivity index (χ0n) is 18.3. The van der Waals surface area contributed by atoms with Crippen molar-refractivity contribution in [2.75, 3.05) is 5.01 Å². The second-order valence-corrected chi connectivity index (χ2v) is 9.61. The maximum Gasteiger partial charge on any atom is 0.285 e. The molecule has 1 fully saturated rings. The first-order valence-electron chi connectivity index (χ1n) is 10.6. The van der Waals surface area contributed by atoms with Gasteiger partial charge in [0.15, 0.2) is 4.32 Å². The Morgan fingerprint density at radius 2 is 1.61 bits per heavy atom. The number of fused-ring (bicyclic) bond motifs is 1. The Kier molecular flexibility index (Phi) is 5.79. The lowest BCUT2D eigenvalue weighted by Crippen LogP contribution is -2.39. The van der Waals surface area contributed by atoms with Gasteiger partial charge in [0.2, 0.25) is 0 Å². The van der Waals surface area contributed by atoms with Crippen LogP contribution in [0.5, 0.6) is 5.75 Å². The molecule has 1 aliphatic rings. The summed E-state index contributed by atoms with van der Waals surface area (Å²) in [5.41, 5.74) is 3.86. The molecule has 1 aromatic heterocycles.